The van der Waals surface area contributed by atoms with Crippen molar-refractivity contribution in [3.8, 4) is 5.75 Å². The molecule has 0 heterocycles. The zero-order chi connectivity index (χ0) is 23.2. The highest BCUT2D eigenvalue weighted by molar-refractivity contribution is 7.92. The van der Waals surface area contributed by atoms with Crippen LogP contribution in [0.4, 0.5) is 18.9 Å². The van der Waals surface area contributed by atoms with Gasteiger partial charge < -0.3 is 10.1 Å². The van der Waals surface area contributed by atoms with Crippen LogP contribution in [-0.4, -0.2) is 34.2 Å². The van der Waals surface area contributed by atoms with Gasteiger partial charge in [-0.25, -0.2) is 8.42 Å². The molecule has 0 bridgehead atoms. The van der Waals surface area contributed by atoms with E-state index < -0.39 is 21.8 Å². The zero-order valence-corrected chi connectivity index (χ0v) is 18.3. The molecular formula is C21H25F3N2O4S. The predicted octanol–water partition coefficient (Wildman–Crippen LogP) is 4.14. The number of halogens is 3. The fraction of sp³-hybridized carbons (Fsp3) is 0.381. The molecule has 0 saturated heterocycles. The van der Waals surface area contributed by atoms with Crippen molar-refractivity contribution in [1.82, 2.24) is 5.32 Å². The summed E-state index contributed by atoms with van der Waals surface area (Å²) in [4.78, 5) is 12.3. The number of sulfonamides is 1. The van der Waals surface area contributed by atoms with Crippen LogP contribution in [-0.2, 0) is 21.0 Å². The molecule has 6 nitrogen and oxygen atoms in total. The number of nitrogens with one attached hydrogen (secondary N) is 1. The first-order chi connectivity index (χ1) is 14.4. The predicted molar refractivity (Wildman–Crippen MR) is 112 cm³/mol. The van der Waals surface area contributed by atoms with E-state index in [1.807, 2.05) is 18.2 Å². The number of carbonyl (C=O) groups is 1. The van der Waals surface area contributed by atoms with Gasteiger partial charge in [-0.15, -0.1) is 0 Å². The van der Waals surface area contributed by atoms with Crippen LogP contribution >= 0.6 is 0 Å². The second-order valence-electron chi connectivity index (χ2n) is 7.02. The number of nitrogens with zero attached hydrogens (tertiary/aromatic N) is 1. The van der Waals surface area contributed by atoms with E-state index in [1.165, 1.54) is 13.2 Å². The molecule has 0 aromatic heterocycles. The normalized spacial score (nSPS) is 12.8. The van der Waals surface area contributed by atoms with Gasteiger partial charge in [-0.05, 0) is 37.6 Å². The van der Waals surface area contributed by atoms with Gasteiger partial charge in [-0.1, -0.05) is 24.3 Å². The van der Waals surface area contributed by atoms with Gasteiger partial charge in [-0.2, -0.15) is 13.2 Å². The number of carbonyl (C=O) groups excluding carboxylic acids is 1. The third kappa shape index (κ3) is 6.88. The topological polar surface area (TPSA) is 75.7 Å². The number of alkyl halides is 3. The number of hydrogen-bond acceptors (Lipinski definition) is 4. The van der Waals surface area contributed by atoms with E-state index in [0.717, 1.165) is 34.3 Å². The summed E-state index contributed by atoms with van der Waals surface area (Å²) in [6.45, 7) is 1.66. The molecule has 1 atom stereocenters. The number of hydrogen-bond donors (Lipinski definition) is 1. The maximum atomic E-state index is 13.0. The summed E-state index contributed by atoms with van der Waals surface area (Å²) in [6.07, 6.45) is -3.54. The Morgan fingerprint density at radius 2 is 1.84 bits per heavy atom. The maximum Gasteiger partial charge on any atom is 0.416 e. The Balaban J connectivity index is 2.03. The molecule has 2 aromatic rings. The van der Waals surface area contributed by atoms with E-state index in [2.05, 4.69) is 5.32 Å². The summed E-state index contributed by atoms with van der Waals surface area (Å²) in [6, 6.07) is 11.0. The standard InChI is InChI=1S/C21H25F3N2O4S/c1-15(18-10-4-5-11-19(18)30-2)25-20(27)12-7-13-26(31(3,28)29)17-9-6-8-16(14-17)21(22,23)24/h4-6,8-11,14-15H,7,12-13H2,1-3H3,(H,25,27). The molecule has 2 aromatic carbocycles. The summed E-state index contributed by atoms with van der Waals surface area (Å²) in [5, 5.41) is 2.82. The van der Waals surface area contributed by atoms with Gasteiger partial charge in [0.05, 0.1) is 30.7 Å². The lowest BCUT2D eigenvalue weighted by Crippen LogP contribution is -2.32. The molecule has 1 unspecified atom stereocenters. The van der Waals surface area contributed by atoms with Crippen molar-refractivity contribution in [2.24, 2.45) is 0 Å². The first kappa shape index (κ1) is 24.5. The highest BCUT2D eigenvalue weighted by Crippen LogP contribution is 2.32. The molecule has 31 heavy (non-hydrogen) atoms. The molecule has 1 amide bonds. The molecule has 0 fully saturated rings. The third-order valence-corrected chi connectivity index (χ3v) is 5.80. The van der Waals surface area contributed by atoms with Gasteiger partial charge in [0.25, 0.3) is 0 Å². The van der Waals surface area contributed by atoms with Gasteiger partial charge in [-0.3, -0.25) is 9.10 Å². The highest BCUT2D eigenvalue weighted by Gasteiger charge is 2.31. The van der Waals surface area contributed by atoms with E-state index in [4.69, 9.17) is 4.74 Å². The Morgan fingerprint density at radius 1 is 1.16 bits per heavy atom. The third-order valence-electron chi connectivity index (χ3n) is 4.61. The lowest BCUT2D eigenvalue weighted by molar-refractivity contribution is -0.137. The van der Waals surface area contributed by atoms with Crippen molar-refractivity contribution in [3.05, 3.63) is 59.7 Å². The SMILES string of the molecule is COc1ccccc1C(C)NC(=O)CCCN(c1cccc(C(F)(F)F)c1)S(C)(=O)=O. The first-order valence-corrected chi connectivity index (χ1v) is 11.4. The number of ether oxygens (including phenoxy) is 1. The molecule has 0 aliphatic heterocycles. The molecule has 10 heteroatoms. The van der Waals surface area contributed by atoms with Crippen molar-refractivity contribution in [2.75, 3.05) is 24.2 Å². The Bertz CT molecular complexity index is 1010. The van der Waals surface area contributed by atoms with Crippen LogP contribution in [0.5, 0.6) is 5.75 Å². The summed E-state index contributed by atoms with van der Waals surface area (Å²) in [5.74, 6) is 0.319. The van der Waals surface area contributed by atoms with Crippen molar-refractivity contribution in [3.63, 3.8) is 0 Å². The second-order valence-corrected chi connectivity index (χ2v) is 8.92. The van der Waals surface area contributed by atoms with Crippen LogP contribution in [0.3, 0.4) is 0 Å². The number of benzene rings is 2. The number of para-hydroxylation sites is 1. The minimum Gasteiger partial charge on any atom is -0.496 e. The molecule has 0 aliphatic rings. The van der Waals surface area contributed by atoms with Gasteiger partial charge in [0.2, 0.25) is 15.9 Å². The highest BCUT2D eigenvalue weighted by atomic mass is 32.2. The summed E-state index contributed by atoms with van der Waals surface area (Å²) in [5.41, 5.74) is -0.248. The average molecular weight is 459 g/mol. The van der Waals surface area contributed by atoms with E-state index in [1.54, 1.807) is 13.0 Å². The Labute approximate surface area is 180 Å². The lowest BCUT2D eigenvalue weighted by Gasteiger charge is -2.23. The fourth-order valence-electron chi connectivity index (χ4n) is 3.12. The molecule has 1 N–H and O–H groups in total. The van der Waals surface area contributed by atoms with Crippen molar-refractivity contribution in [2.45, 2.75) is 32.0 Å². The van der Waals surface area contributed by atoms with Crippen LogP contribution in [0.1, 0.15) is 36.9 Å². The van der Waals surface area contributed by atoms with Crippen LogP contribution < -0.4 is 14.4 Å². The number of anilines is 1. The molecular weight excluding hydrogens is 433 g/mol. The largest absolute Gasteiger partial charge is 0.496 e. The van der Waals surface area contributed by atoms with Crippen molar-refractivity contribution < 1.29 is 31.1 Å². The Morgan fingerprint density at radius 3 is 2.45 bits per heavy atom. The quantitative estimate of drug-likeness (QED) is 0.613. The molecule has 0 saturated carbocycles. The van der Waals surface area contributed by atoms with Crippen molar-refractivity contribution >= 4 is 21.6 Å². The Kier molecular flexibility index (Phi) is 7.94. The molecule has 170 valence electrons. The van der Waals surface area contributed by atoms with E-state index in [0.29, 0.717) is 5.75 Å². The van der Waals surface area contributed by atoms with Crippen molar-refractivity contribution in [1.29, 1.82) is 0 Å². The molecule has 0 spiro atoms. The number of rotatable bonds is 9. The monoisotopic (exact) mass is 458 g/mol. The van der Waals surface area contributed by atoms with E-state index in [-0.39, 0.29) is 37.0 Å². The fourth-order valence-corrected chi connectivity index (χ4v) is 4.08. The second kappa shape index (κ2) is 10.0. The number of methoxy groups -OCH3 is 1. The van der Waals surface area contributed by atoms with Crippen LogP contribution in [0.25, 0.3) is 0 Å². The van der Waals surface area contributed by atoms with Gasteiger partial charge in [0, 0.05) is 18.5 Å². The minimum absolute atomic E-state index is 0.00444. The first-order valence-electron chi connectivity index (χ1n) is 9.50. The lowest BCUT2D eigenvalue weighted by atomic mass is 10.1. The van der Waals surface area contributed by atoms with Gasteiger partial charge in [0.1, 0.15) is 5.75 Å². The maximum absolute atomic E-state index is 13.0. The minimum atomic E-state index is -4.59. The van der Waals surface area contributed by atoms with E-state index >= 15 is 0 Å². The van der Waals surface area contributed by atoms with Crippen LogP contribution in [0.15, 0.2) is 48.5 Å². The zero-order valence-electron chi connectivity index (χ0n) is 17.4. The van der Waals surface area contributed by atoms with Gasteiger partial charge >= 0.3 is 6.18 Å². The number of amides is 1. The van der Waals surface area contributed by atoms with E-state index in [9.17, 15) is 26.4 Å². The summed E-state index contributed by atoms with van der Waals surface area (Å²) >= 11 is 0. The smallest absolute Gasteiger partial charge is 0.416 e. The average Bonchev–Trinajstić information content (AvgIpc) is 2.69. The molecule has 0 radical (unpaired) electrons. The molecule has 0 aliphatic carbocycles. The summed E-state index contributed by atoms with van der Waals surface area (Å²) < 4.78 is 69.3. The molecule has 2 rings (SSSR count). The summed E-state index contributed by atoms with van der Waals surface area (Å²) in [7, 11) is -2.31. The van der Waals surface area contributed by atoms with Crippen LogP contribution in [0.2, 0.25) is 0 Å². The van der Waals surface area contributed by atoms with Crippen LogP contribution in [0, 0.1) is 0 Å². The Hall–Kier alpha value is -2.75. The van der Waals surface area contributed by atoms with Gasteiger partial charge in [0.15, 0.2) is 0 Å².